The molecule has 2 rings (SSSR count). The number of nitrogens with zero attached hydrogens (tertiary/aromatic N) is 1. The summed E-state index contributed by atoms with van der Waals surface area (Å²) in [7, 11) is 0. The zero-order valence-electron chi connectivity index (χ0n) is 14.0. The number of hydrogen-bond acceptors (Lipinski definition) is 2. The SMILES string of the molecule is CCN(Cc1ccccc1)C(=O)CNCC(C)c1ccccc1. The molecule has 0 saturated carbocycles. The van der Waals surface area contributed by atoms with Gasteiger partial charge in [0.1, 0.15) is 0 Å². The van der Waals surface area contributed by atoms with Crippen molar-refractivity contribution in [2.75, 3.05) is 19.6 Å². The highest BCUT2D eigenvalue weighted by molar-refractivity contribution is 5.78. The van der Waals surface area contributed by atoms with Gasteiger partial charge in [0.15, 0.2) is 0 Å². The molecule has 3 heteroatoms. The third-order valence-electron chi connectivity index (χ3n) is 4.05. The second-order valence-corrected chi connectivity index (χ2v) is 5.84. The highest BCUT2D eigenvalue weighted by Crippen LogP contribution is 2.13. The van der Waals surface area contributed by atoms with E-state index in [0.717, 1.165) is 13.1 Å². The van der Waals surface area contributed by atoms with Crippen LogP contribution < -0.4 is 5.32 Å². The Morgan fingerprint density at radius 3 is 2.26 bits per heavy atom. The Hall–Kier alpha value is -2.13. The van der Waals surface area contributed by atoms with Crippen molar-refractivity contribution >= 4 is 5.91 Å². The molecule has 1 amide bonds. The van der Waals surface area contributed by atoms with Gasteiger partial charge in [-0.05, 0) is 24.0 Å². The first-order chi connectivity index (χ1) is 11.2. The first-order valence-electron chi connectivity index (χ1n) is 8.28. The van der Waals surface area contributed by atoms with Crippen LogP contribution in [0.25, 0.3) is 0 Å². The maximum Gasteiger partial charge on any atom is 0.236 e. The topological polar surface area (TPSA) is 32.3 Å². The number of rotatable bonds is 8. The van der Waals surface area contributed by atoms with Gasteiger partial charge < -0.3 is 10.2 Å². The molecule has 0 fully saturated rings. The van der Waals surface area contributed by atoms with E-state index in [1.54, 1.807) is 0 Å². The molecule has 0 aromatic heterocycles. The molecule has 1 unspecified atom stereocenters. The lowest BCUT2D eigenvalue weighted by molar-refractivity contribution is -0.130. The van der Waals surface area contributed by atoms with Crippen molar-refractivity contribution in [3.63, 3.8) is 0 Å². The molecular weight excluding hydrogens is 284 g/mol. The van der Waals surface area contributed by atoms with Gasteiger partial charge in [-0.15, -0.1) is 0 Å². The third kappa shape index (κ3) is 5.53. The van der Waals surface area contributed by atoms with E-state index in [9.17, 15) is 4.79 Å². The predicted octanol–water partition coefficient (Wildman–Crippen LogP) is 3.43. The van der Waals surface area contributed by atoms with Crippen LogP contribution in [0, 0.1) is 0 Å². The van der Waals surface area contributed by atoms with Crippen molar-refractivity contribution in [3.8, 4) is 0 Å². The van der Waals surface area contributed by atoms with Crippen molar-refractivity contribution in [2.24, 2.45) is 0 Å². The molecule has 1 N–H and O–H groups in total. The third-order valence-corrected chi connectivity index (χ3v) is 4.05. The zero-order chi connectivity index (χ0) is 16.5. The van der Waals surface area contributed by atoms with Crippen molar-refractivity contribution in [2.45, 2.75) is 26.3 Å². The second kappa shape index (κ2) is 9.11. The van der Waals surface area contributed by atoms with E-state index in [-0.39, 0.29) is 5.91 Å². The monoisotopic (exact) mass is 310 g/mol. The molecule has 0 aliphatic carbocycles. The molecule has 1 atom stereocenters. The van der Waals surface area contributed by atoms with Gasteiger partial charge in [0.05, 0.1) is 6.54 Å². The van der Waals surface area contributed by atoms with Gasteiger partial charge in [-0.25, -0.2) is 0 Å². The smallest absolute Gasteiger partial charge is 0.236 e. The number of amides is 1. The van der Waals surface area contributed by atoms with Crippen molar-refractivity contribution in [1.29, 1.82) is 0 Å². The highest BCUT2D eigenvalue weighted by atomic mass is 16.2. The Bertz CT molecular complexity index is 583. The van der Waals surface area contributed by atoms with Crippen LogP contribution >= 0.6 is 0 Å². The van der Waals surface area contributed by atoms with Crippen molar-refractivity contribution in [3.05, 3.63) is 71.8 Å². The summed E-state index contributed by atoms with van der Waals surface area (Å²) in [6, 6.07) is 20.5. The summed E-state index contributed by atoms with van der Waals surface area (Å²) in [4.78, 5) is 14.2. The van der Waals surface area contributed by atoms with Crippen LogP contribution in [0.1, 0.15) is 30.9 Å². The van der Waals surface area contributed by atoms with Gasteiger partial charge in [0, 0.05) is 19.6 Å². The van der Waals surface area contributed by atoms with E-state index in [1.807, 2.05) is 36.1 Å². The summed E-state index contributed by atoms with van der Waals surface area (Å²) in [5.41, 5.74) is 2.46. The van der Waals surface area contributed by atoms with Crippen LogP contribution in [0.15, 0.2) is 60.7 Å². The second-order valence-electron chi connectivity index (χ2n) is 5.84. The summed E-state index contributed by atoms with van der Waals surface area (Å²) < 4.78 is 0. The molecule has 0 heterocycles. The summed E-state index contributed by atoms with van der Waals surface area (Å²) in [5, 5.41) is 3.29. The molecule has 3 nitrogen and oxygen atoms in total. The van der Waals surface area contributed by atoms with Gasteiger partial charge in [0.25, 0.3) is 0 Å². The number of hydrogen-bond donors (Lipinski definition) is 1. The lowest BCUT2D eigenvalue weighted by Gasteiger charge is -2.22. The average molecular weight is 310 g/mol. The molecular formula is C20H26N2O. The number of likely N-dealkylation sites (N-methyl/N-ethyl adjacent to an activating group) is 1. The minimum Gasteiger partial charge on any atom is -0.338 e. The van der Waals surface area contributed by atoms with Crippen LogP contribution in [0.3, 0.4) is 0 Å². The molecule has 2 aromatic rings. The number of benzene rings is 2. The standard InChI is InChI=1S/C20H26N2O/c1-3-22(16-18-10-6-4-7-11-18)20(23)15-21-14-17(2)19-12-8-5-9-13-19/h4-13,17,21H,3,14-16H2,1-2H3. The fraction of sp³-hybridized carbons (Fsp3) is 0.350. The molecule has 0 aliphatic heterocycles. The van der Waals surface area contributed by atoms with E-state index in [2.05, 4.69) is 48.6 Å². The Morgan fingerprint density at radius 2 is 1.65 bits per heavy atom. The number of carbonyl (C=O) groups excluding carboxylic acids is 1. The largest absolute Gasteiger partial charge is 0.338 e. The van der Waals surface area contributed by atoms with Crippen LogP contribution in [0.2, 0.25) is 0 Å². The van der Waals surface area contributed by atoms with E-state index in [1.165, 1.54) is 11.1 Å². The van der Waals surface area contributed by atoms with E-state index in [4.69, 9.17) is 0 Å². The van der Waals surface area contributed by atoms with E-state index in [0.29, 0.717) is 19.0 Å². The molecule has 0 spiro atoms. The van der Waals surface area contributed by atoms with Gasteiger partial charge >= 0.3 is 0 Å². The summed E-state index contributed by atoms with van der Waals surface area (Å²) in [5.74, 6) is 0.546. The van der Waals surface area contributed by atoms with Gasteiger partial charge in [-0.2, -0.15) is 0 Å². The van der Waals surface area contributed by atoms with Crippen molar-refractivity contribution in [1.82, 2.24) is 10.2 Å². The first-order valence-corrected chi connectivity index (χ1v) is 8.28. The van der Waals surface area contributed by atoms with Gasteiger partial charge in [-0.3, -0.25) is 4.79 Å². The minimum atomic E-state index is 0.150. The fourth-order valence-electron chi connectivity index (χ4n) is 2.59. The summed E-state index contributed by atoms with van der Waals surface area (Å²) in [6.45, 7) is 6.79. The zero-order valence-corrected chi connectivity index (χ0v) is 14.0. The summed E-state index contributed by atoms with van der Waals surface area (Å²) >= 11 is 0. The highest BCUT2D eigenvalue weighted by Gasteiger charge is 2.12. The molecule has 2 aromatic carbocycles. The quantitative estimate of drug-likeness (QED) is 0.810. The minimum absolute atomic E-state index is 0.150. The van der Waals surface area contributed by atoms with Gasteiger partial charge in [-0.1, -0.05) is 67.6 Å². The lowest BCUT2D eigenvalue weighted by Crippen LogP contribution is -2.38. The average Bonchev–Trinajstić information content (AvgIpc) is 2.61. The van der Waals surface area contributed by atoms with E-state index < -0.39 is 0 Å². The normalized spacial score (nSPS) is 11.9. The predicted molar refractivity (Wildman–Crippen MR) is 95.3 cm³/mol. The molecule has 23 heavy (non-hydrogen) atoms. The Morgan fingerprint density at radius 1 is 1.04 bits per heavy atom. The Balaban J connectivity index is 1.78. The molecule has 0 aliphatic rings. The Kier molecular flexibility index (Phi) is 6.82. The van der Waals surface area contributed by atoms with Crippen LogP contribution in [0.5, 0.6) is 0 Å². The lowest BCUT2D eigenvalue weighted by atomic mass is 10.0. The Labute approximate surface area is 139 Å². The van der Waals surface area contributed by atoms with Crippen molar-refractivity contribution < 1.29 is 4.79 Å². The number of nitrogens with one attached hydrogen (secondary N) is 1. The maximum absolute atomic E-state index is 12.4. The van der Waals surface area contributed by atoms with Crippen LogP contribution in [0.4, 0.5) is 0 Å². The molecule has 122 valence electrons. The van der Waals surface area contributed by atoms with E-state index >= 15 is 0 Å². The number of carbonyl (C=O) groups is 1. The maximum atomic E-state index is 12.4. The molecule has 0 saturated heterocycles. The first kappa shape index (κ1) is 17.2. The van der Waals surface area contributed by atoms with Crippen LogP contribution in [-0.4, -0.2) is 30.4 Å². The summed E-state index contributed by atoms with van der Waals surface area (Å²) in [6.07, 6.45) is 0. The van der Waals surface area contributed by atoms with Crippen LogP contribution in [-0.2, 0) is 11.3 Å². The molecule has 0 radical (unpaired) electrons. The fourth-order valence-corrected chi connectivity index (χ4v) is 2.59. The molecule has 0 bridgehead atoms. The van der Waals surface area contributed by atoms with Gasteiger partial charge in [0.2, 0.25) is 5.91 Å².